The first-order valence-electron chi connectivity index (χ1n) is 7.42. The van der Waals surface area contributed by atoms with E-state index in [0.717, 1.165) is 6.42 Å². The highest BCUT2D eigenvalue weighted by molar-refractivity contribution is 6.05. The van der Waals surface area contributed by atoms with Gasteiger partial charge in [0, 0.05) is 19.5 Å². The van der Waals surface area contributed by atoms with Gasteiger partial charge >= 0.3 is 0 Å². The third kappa shape index (κ3) is 3.08. The molecule has 110 valence electrons. The number of rotatable bonds is 6. The lowest BCUT2D eigenvalue weighted by molar-refractivity contribution is -0.140. The van der Waals surface area contributed by atoms with E-state index in [-0.39, 0.29) is 29.6 Å². The quantitative estimate of drug-likeness (QED) is 0.587. The van der Waals surface area contributed by atoms with E-state index in [9.17, 15) is 14.4 Å². The van der Waals surface area contributed by atoms with Gasteiger partial charge in [0.2, 0.25) is 17.7 Å². The second-order valence-electron chi connectivity index (χ2n) is 5.44. The Morgan fingerprint density at radius 1 is 1.25 bits per heavy atom. The van der Waals surface area contributed by atoms with Gasteiger partial charge in [-0.1, -0.05) is 19.1 Å². The van der Waals surface area contributed by atoms with E-state index in [1.807, 2.05) is 19.1 Å². The number of hydrogen-bond donors (Lipinski definition) is 1. The molecule has 1 aliphatic heterocycles. The molecule has 1 N–H and O–H groups in total. The molecule has 0 saturated carbocycles. The van der Waals surface area contributed by atoms with E-state index in [1.54, 1.807) is 0 Å². The lowest BCUT2D eigenvalue weighted by atomic mass is 9.85. The number of likely N-dealkylation sites (tertiary alicyclic amines) is 1. The summed E-state index contributed by atoms with van der Waals surface area (Å²) in [7, 11) is 0. The minimum Gasteiger partial charge on any atom is -0.356 e. The van der Waals surface area contributed by atoms with Crippen molar-refractivity contribution in [3.05, 3.63) is 12.2 Å². The Kier molecular flexibility index (Phi) is 4.93. The summed E-state index contributed by atoms with van der Waals surface area (Å²) in [6.07, 6.45) is 7.11. The van der Waals surface area contributed by atoms with Crippen molar-refractivity contribution in [3.63, 3.8) is 0 Å². The predicted molar refractivity (Wildman–Crippen MR) is 74.6 cm³/mol. The number of carbonyl (C=O) groups excluding carboxylic acids is 3. The van der Waals surface area contributed by atoms with Crippen LogP contribution in [0.3, 0.4) is 0 Å². The highest BCUT2D eigenvalue weighted by Gasteiger charge is 2.46. The van der Waals surface area contributed by atoms with Crippen LogP contribution in [0.1, 0.15) is 39.0 Å². The number of imide groups is 1. The Labute approximate surface area is 119 Å². The van der Waals surface area contributed by atoms with Crippen LogP contribution in [-0.2, 0) is 14.4 Å². The fourth-order valence-electron chi connectivity index (χ4n) is 2.84. The average molecular weight is 278 g/mol. The lowest BCUT2D eigenvalue weighted by Gasteiger charge is -2.14. The van der Waals surface area contributed by atoms with Crippen LogP contribution in [0.25, 0.3) is 0 Å². The first kappa shape index (κ1) is 14.8. The summed E-state index contributed by atoms with van der Waals surface area (Å²) in [5.41, 5.74) is 0. The normalized spacial score (nSPS) is 24.9. The van der Waals surface area contributed by atoms with Gasteiger partial charge in [-0.2, -0.15) is 0 Å². The van der Waals surface area contributed by atoms with E-state index >= 15 is 0 Å². The first-order chi connectivity index (χ1) is 9.65. The molecular weight excluding hydrogens is 256 g/mol. The van der Waals surface area contributed by atoms with Crippen molar-refractivity contribution in [3.8, 4) is 0 Å². The van der Waals surface area contributed by atoms with Gasteiger partial charge in [-0.25, -0.2) is 0 Å². The summed E-state index contributed by atoms with van der Waals surface area (Å²) < 4.78 is 0. The van der Waals surface area contributed by atoms with Crippen LogP contribution in [0, 0.1) is 11.8 Å². The van der Waals surface area contributed by atoms with E-state index < -0.39 is 0 Å². The molecule has 0 aromatic rings. The molecule has 1 heterocycles. The van der Waals surface area contributed by atoms with Crippen LogP contribution in [0.15, 0.2) is 12.2 Å². The third-order valence-corrected chi connectivity index (χ3v) is 3.96. The molecule has 2 aliphatic rings. The van der Waals surface area contributed by atoms with Gasteiger partial charge in [0.05, 0.1) is 11.8 Å². The molecule has 5 nitrogen and oxygen atoms in total. The molecule has 3 amide bonds. The Morgan fingerprint density at radius 3 is 2.40 bits per heavy atom. The maximum atomic E-state index is 12.2. The molecule has 0 bridgehead atoms. The van der Waals surface area contributed by atoms with E-state index in [1.165, 1.54) is 4.90 Å². The minimum atomic E-state index is -0.165. The molecule has 0 unspecified atom stereocenters. The Morgan fingerprint density at radius 2 is 1.85 bits per heavy atom. The van der Waals surface area contributed by atoms with Crippen molar-refractivity contribution >= 4 is 17.7 Å². The number of carbonyl (C=O) groups is 3. The molecule has 2 rings (SSSR count). The number of allylic oxidation sites excluding steroid dienone is 2. The second kappa shape index (κ2) is 6.68. The SMILES string of the molecule is CCCNC(=O)CCCN1C(=O)[C@H]2CC=CC[C@@H]2C1=O. The maximum absolute atomic E-state index is 12.2. The summed E-state index contributed by atoms with van der Waals surface area (Å²) >= 11 is 0. The zero-order chi connectivity index (χ0) is 14.5. The highest BCUT2D eigenvalue weighted by atomic mass is 16.2. The molecule has 20 heavy (non-hydrogen) atoms. The van der Waals surface area contributed by atoms with Crippen LogP contribution < -0.4 is 5.32 Å². The lowest BCUT2D eigenvalue weighted by Crippen LogP contribution is -2.33. The van der Waals surface area contributed by atoms with Crippen molar-refractivity contribution in [1.29, 1.82) is 0 Å². The van der Waals surface area contributed by atoms with Crippen LogP contribution in [0.2, 0.25) is 0 Å². The molecule has 0 aromatic heterocycles. The van der Waals surface area contributed by atoms with Crippen molar-refractivity contribution in [1.82, 2.24) is 10.2 Å². The zero-order valence-electron chi connectivity index (χ0n) is 11.9. The molecule has 0 aromatic carbocycles. The maximum Gasteiger partial charge on any atom is 0.233 e. The van der Waals surface area contributed by atoms with E-state index in [4.69, 9.17) is 0 Å². The van der Waals surface area contributed by atoms with E-state index in [2.05, 4.69) is 5.32 Å². The molecule has 2 atom stereocenters. The summed E-state index contributed by atoms with van der Waals surface area (Å²) in [6.45, 7) is 3.04. The van der Waals surface area contributed by atoms with Crippen LogP contribution in [-0.4, -0.2) is 35.7 Å². The fourth-order valence-corrected chi connectivity index (χ4v) is 2.84. The molecule has 5 heteroatoms. The third-order valence-electron chi connectivity index (χ3n) is 3.96. The molecule has 1 aliphatic carbocycles. The Balaban J connectivity index is 1.80. The molecule has 0 radical (unpaired) electrons. The number of nitrogens with zero attached hydrogens (tertiary/aromatic N) is 1. The van der Waals surface area contributed by atoms with Gasteiger partial charge in [-0.3, -0.25) is 19.3 Å². The van der Waals surface area contributed by atoms with Gasteiger partial charge in [0.25, 0.3) is 0 Å². The topological polar surface area (TPSA) is 66.5 Å². The smallest absolute Gasteiger partial charge is 0.233 e. The summed E-state index contributed by atoms with van der Waals surface area (Å²) in [5.74, 6) is -0.454. The van der Waals surface area contributed by atoms with Crippen LogP contribution in [0.5, 0.6) is 0 Å². The monoisotopic (exact) mass is 278 g/mol. The summed E-state index contributed by atoms with van der Waals surface area (Å²) in [4.78, 5) is 37.2. The van der Waals surface area contributed by atoms with Gasteiger partial charge in [0.15, 0.2) is 0 Å². The predicted octanol–water partition coefficient (Wildman–Crippen LogP) is 1.24. The Hall–Kier alpha value is -1.65. The van der Waals surface area contributed by atoms with Crippen molar-refractivity contribution in [2.45, 2.75) is 39.0 Å². The van der Waals surface area contributed by atoms with Crippen LogP contribution in [0.4, 0.5) is 0 Å². The molecule has 0 spiro atoms. The average Bonchev–Trinajstić information content (AvgIpc) is 2.70. The number of amides is 3. The number of nitrogens with one attached hydrogen (secondary N) is 1. The largest absolute Gasteiger partial charge is 0.356 e. The molecule has 1 saturated heterocycles. The summed E-state index contributed by atoms with van der Waals surface area (Å²) in [5, 5.41) is 2.79. The van der Waals surface area contributed by atoms with Crippen molar-refractivity contribution in [2.75, 3.05) is 13.1 Å². The van der Waals surface area contributed by atoms with Crippen molar-refractivity contribution < 1.29 is 14.4 Å². The zero-order valence-corrected chi connectivity index (χ0v) is 11.9. The van der Waals surface area contributed by atoms with Gasteiger partial charge in [-0.15, -0.1) is 0 Å². The van der Waals surface area contributed by atoms with E-state index in [0.29, 0.717) is 38.8 Å². The molecule has 1 fully saturated rings. The second-order valence-corrected chi connectivity index (χ2v) is 5.44. The van der Waals surface area contributed by atoms with Gasteiger partial charge in [-0.05, 0) is 25.7 Å². The van der Waals surface area contributed by atoms with Gasteiger partial charge in [0.1, 0.15) is 0 Å². The number of fused-ring (bicyclic) bond motifs is 1. The number of hydrogen-bond acceptors (Lipinski definition) is 3. The van der Waals surface area contributed by atoms with Gasteiger partial charge < -0.3 is 5.32 Å². The standard InChI is InChI=1S/C15H22N2O3/c1-2-9-16-13(18)8-5-10-17-14(19)11-6-3-4-7-12(11)15(17)20/h3-4,11-12H,2,5-10H2,1H3,(H,16,18)/t11-,12-/m0/s1. The van der Waals surface area contributed by atoms with Crippen LogP contribution >= 0.6 is 0 Å². The minimum absolute atomic E-state index is 0.00923. The summed E-state index contributed by atoms with van der Waals surface area (Å²) in [6, 6.07) is 0. The first-order valence-corrected chi connectivity index (χ1v) is 7.42. The fraction of sp³-hybridized carbons (Fsp3) is 0.667. The highest BCUT2D eigenvalue weighted by Crippen LogP contribution is 2.34. The van der Waals surface area contributed by atoms with Crippen molar-refractivity contribution in [2.24, 2.45) is 11.8 Å². The Bertz CT molecular complexity index is 405. The molecular formula is C15H22N2O3.